The third-order valence-corrected chi connectivity index (χ3v) is 4.17. The van der Waals surface area contributed by atoms with Crippen molar-refractivity contribution in [3.8, 4) is 0 Å². The van der Waals surface area contributed by atoms with E-state index in [1.807, 2.05) is 0 Å². The Hall–Kier alpha value is -2.54. The number of sulfone groups is 1. The average molecular weight is 331 g/mol. The van der Waals surface area contributed by atoms with Crippen molar-refractivity contribution in [1.29, 1.82) is 0 Å². The summed E-state index contributed by atoms with van der Waals surface area (Å²) in [6.45, 7) is 3.68. The van der Waals surface area contributed by atoms with Gasteiger partial charge in [0.1, 0.15) is 0 Å². The second kappa shape index (κ2) is 7.15. The number of nitrogens with zero attached hydrogens (tertiary/aromatic N) is 2. The van der Waals surface area contributed by atoms with E-state index in [4.69, 9.17) is 0 Å². The van der Waals surface area contributed by atoms with E-state index in [9.17, 15) is 13.2 Å². The highest BCUT2D eigenvalue weighted by Crippen LogP contribution is 2.20. The van der Waals surface area contributed by atoms with Gasteiger partial charge in [-0.15, -0.1) is 6.58 Å². The Morgan fingerprint density at radius 2 is 2.00 bits per heavy atom. The molecule has 23 heavy (non-hydrogen) atoms. The molecule has 0 aliphatic carbocycles. The van der Waals surface area contributed by atoms with Gasteiger partial charge in [0.05, 0.1) is 6.04 Å². The Labute approximate surface area is 135 Å². The first kappa shape index (κ1) is 16.8. The fourth-order valence-corrected chi connectivity index (χ4v) is 2.64. The molecule has 1 atom stereocenters. The van der Waals surface area contributed by atoms with Gasteiger partial charge in [0.15, 0.2) is 14.9 Å². The molecule has 1 N–H and O–H groups in total. The predicted molar refractivity (Wildman–Crippen MR) is 86.6 cm³/mol. The van der Waals surface area contributed by atoms with Crippen molar-refractivity contribution in [1.82, 2.24) is 15.3 Å². The van der Waals surface area contributed by atoms with E-state index in [1.165, 1.54) is 24.7 Å². The van der Waals surface area contributed by atoms with Crippen LogP contribution in [0.2, 0.25) is 0 Å². The maximum atomic E-state index is 12.3. The average Bonchev–Trinajstić information content (AvgIpc) is 2.54. The van der Waals surface area contributed by atoms with Gasteiger partial charge in [0, 0.05) is 30.4 Å². The molecule has 7 heteroatoms. The fourth-order valence-electron chi connectivity index (χ4n) is 2.03. The fraction of sp³-hybridized carbons (Fsp3) is 0.188. The second-order valence-electron chi connectivity index (χ2n) is 4.99. The topological polar surface area (TPSA) is 89.0 Å². The number of carbonyl (C=O) groups is 1. The molecule has 0 unspecified atom stereocenters. The summed E-state index contributed by atoms with van der Waals surface area (Å²) >= 11 is 0. The van der Waals surface area contributed by atoms with Crippen LogP contribution in [0.1, 0.15) is 28.4 Å². The third-order valence-electron chi connectivity index (χ3n) is 3.19. The molecule has 1 amide bonds. The van der Waals surface area contributed by atoms with E-state index in [0.717, 1.165) is 6.26 Å². The highest BCUT2D eigenvalue weighted by molar-refractivity contribution is 7.90. The number of carbonyl (C=O) groups excluding carboxylic acids is 1. The summed E-state index contributed by atoms with van der Waals surface area (Å²) in [5, 5.41) is 2.84. The minimum atomic E-state index is -3.41. The molecule has 2 rings (SSSR count). The minimum absolute atomic E-state index is 0.0257. The molecule has 0 saturated carbocycles. The highest BCUT2D eigenvalue weighted by atomic mass is 32.2. The van der Waals surface area contributed by atoms with E-state index in [-0.39, 0.29) is 10.9 Å². The summed E-state index contributed by atoms with van der Waals surface area (Å²) in [5.41, 5.74) is 1.13. The molecule has 0 aliphatic heterocycles. The maximum Gasteiger partial charge on any atom is 0.251 e. The summed E-state index contributed by atoms with van der Waals surface area (Å²) in [6, 6.07) is 5.96. The zero-order valence-electron chi connectivity index (χ0n) is 12.6. The molecule has 0 spiro atoms. The number of pyridine rings is 2. The van der Waals surface area contributed by atoms with Crippen LogP contribution in [-0.4, -0.2) is 30.5 Å². The minimum Gasteiger partial charge on any atom is -0.345 e. The summed E-state index contributed by atoms with van der Waals surface area (Å²) in [5.74, 6) is -0.267. The molecular formula is C16H17N3O3S. The van der Waals surface area contributed by atoms with Crippen LogP contribution in [0, 0.1) is 0 Å². The van der Waals surface area contributed by atoms with Crippen molar-refractivity contribution in [2.45, 2.75) is 17.5 Å². The number of rotatable bonds is 6. The van der Waals surface area contributed by atoms with E-state index in [2.05, 4.69) is 21.9 Å². The number of aromatic nitrogens is 2. The molecule has 2 aromatic rings. The lowest BCUT2D eigenvalue weighted by Gasteiger charge is -2.18. The molecule has 0 fully saturated rings. The Kier molecular flexibility index (Phi) is 5.23. The molecule has 0 aliphatic rings. The molecule has 0 bridgehead atoms. The number of amides is 1. The largest absolute Gasteiger partial charge is 0.345 e. The van der Waals surface area contributed by atoms with Crippen molar-refractivity contribution in [2.24, 2.45) is 0 Å². The van der Waals surface area contributed by atoms with E-state index >= 15 is 0 Å². The van der Waals surface area contributed by atoms with Crippen LogP contribution in [-0.2, 0) is 9.84 Å². The van der Waals surface area contributed by atoms with Crippen LogP contribution in [0.15, 0.2) is 60.5 Å². The Morgan fingerprint density at radius 1 is 1.30 bits per heavy atom. The molecule has 0 radical (unpaired) electrons. The van der Waals surface area contributed by atoms with Crippen molar-refractivity contribution >= 4 is 15.7 Å². The monoisotopic (exact) mass is 331 g/mol. The zero-order valence-corrected chi connectivity index (χ0v) is 13.5. The van der Waals surface area contributed by atoms with E-state index < -0.39 is 15.9 Å². The van der Waals surface area contributed by atoms with Crippen molar-refractivity contribution in [3.05, 3.63) is 66.6 Å². The SMILES string of the molecule is C=CC[C@H](NC(=O)c1ccncc1)c1ccnc(S(C)(=O)=O)c1. The number of hydrogen-bond acceptors (Lipinski definition) is 5. The molecule has 120 valence electrons. The summed E-state index contributed by atoms with van der Waals surface area (Å²) in [4.78, 5) is 20.0. The Bertz CT molecular complexity index is 804. The molecule has 0 saturated heterocycles. The van der Waals surface area contributed by atoms with Gasteiger partial charge in [-0.2, -0.15) is 0 Å². The van der Waals surface area contributed by atoms with Gasteiger partial charge < -0.3 is 5.32 Å². The lowest BCUT2D eigenvalue weighted by molar-refractivity contribution is 0.0937. The molecule has 2 aromatic heterocycles. The van der Waals surface area contributed by atoms with Crippen LogP contribution in [0.4, 0.5) is 0 Å². The lowest BCUT2D eigenvalue weighted by Crippen LogP contribution is -2.28. The van der Waals surface area contributed by atoms with Crippen LogP contribution < -0.4 is 5.32 Å². The van der Waals surface area contributed by atoms with Gasteiger partial charge in [-0.1, -0.05) is 6.08 Å². The van der Waals surface area contributed by atoms with Crippen LogP contribution in [0.3, 0.4) is 0 Å². The number of hydrogen-bond donors (Lipinski definition) is 1. The van der Waals surface area contributed by atoms with Crippen LogP contribution >= 0.6 is 0 Å². The molecule has 2 heterocycles. The zero-order chi connectivity index (χ0) is 16.9. The standard InChI is InChI=1S/C16H17N3O3S/c1-3-4-14(19-16(20)12-5-8-17-9-6-12)13-7-10-18-15(11-13)23(2,21)22/h3,5-11,14H,1,4H2,2H3,(H,19,20)/t14-/m0/s1. The van der Waals surface area contributed by atoms with Gasteiger partial charge in [0.25, 0.3) is 5.91 Å². The number of nitrogens with one attached hydrogen (secondary N) is 1. The third kappa shape index (κ3) is 4.46. The van der Waals surface area contributed by atoms with E-state index in [1.54, 1.807) is 24.3 Å². The summed E-state index contributed by atoms with van der Waals surface area (Å²) in [7, 11) is -3.41. The Morgan fingerprint density at radius 3 is 2.61 bits per heavy atom. The van der Waals surface area contributed by atoms with Crippen molar-refractivity contribution in [3.63, 3.8) is 0 Å². The van der Waals surface area contributed by atoms with Crippen molar-refractivity contribution in [2.75, 3.05) is 6.26 Å². The van der Waals surface area contributed by atoms with Gasteiger partial charge >= 0.3 is 0 Å². The first-order valence-corrected chi connectivity index (χ1v) is 8.78. The lowest BCUT2D eigenvalue weighted by atomic mass is 10.0. The maximum absolute atomic E-state index is 12.3. The van der Waals surface area contributed by atoms with Gasteiger partial charge in [-0.25, -0.2) is 13.4 Å². The van der Waals surface area contributed by atoms with Crippen molar-refractivity contribution < 1.29 is 13.2 Å². The smallest absolute Gasteiger partial charge is 0.251 e. The molecular weight excluding hydrogens is 314 g/mol. The van der Waals surface area contributed by atoms with Crippen LogP contribution in [0.25, 0.3) is 0 Å². The van der Waals surface area contributed by atoms with Crippen LogP contribution in [0.5, 0.6) is 0 Å². The van der Waals surface area contributed by atoms with E-state index in [0.29, 0.717) is 17.5 Å². The normalized spacial score (nSPS) is 12.4. The highest BCUT2D eigenvalue weighted by Gasteiger charge is 2.17. The second-order valence-corrected chi connectivity index (χ2v) is 6.95. The predicted octanol–water partition coefficient (Wildman–Crippen LogP) is 1.93. The van der Waals surface area contributed by atoms with Gasteiger partial charge in [-0.05, 0) is 36.2 Å². The first-order valence-electron chi connectivity index (χ1n) is 6.89. The Balaban J connectivity index is 2.28. The van der Waals surface area contributed by atoms with Gasteiger partial charge in [-0.3, -0.25) is 9.78 Å². The quantitative estimate of drug-likeness (QED) is 0.817. The molecule has 6 nitrogen and oxygen atoms in total. The summed E-state index contributed by atoms with van der Waals surface area (Å²) in [6.07, 6.45) is 7.71. The first-order chi connectivity index (χ1) is 10.9. The summed E-state index contributed by atoms with van der Waals surface area (Å²) < 4.78 is 23.3. The molecule has 0 aromatic carbocycles. The van der Waals surface area contributed by atoms with Gasteiger partial charge in [0.2, 0.25) is 0 Å².